The summed E-state index contributed by atoms with van der Waals surface area (Å²) in [6.45, 7) is 1.34. The Hall–Kier alpha value is -2.33. The maximum Gasteiger partial charge on any atom is 0.330 e. The lowest BCUT2D eigenvalue weighted by Crippen LogP contribution is -2.34. The third-order valence-electron chi connectivity index (χ3n) is 5.84. The predicted octanol–water partition coefficient (Wildman–Crippen LogP) is 2.15. The molecular formula is C22H28IN3O9. The Morgan fingerprint density at radius 3 is 2.74 bits per heavy atom. The maximum atomic E-state index is 12.5. The number of H-pyrrole nitrogens is 1. The molecule has 1 aliphatic heterocycles. The number of benzene rings is 1. The Balaban J connectivity index is 1.91. The standard InChI is InChI=1S/C22H28IN3O9/c1-3-4-5-17(13-6-18(33-2)14(23)7-15(13)26(31)32)34-11-12-9-25(22(30)24-21(12)29)20-8-16(28)19(10-27)35-20/h6-7,9,16-17,19-20,27-28H,3-5,8,10-11H2,1-2H3,(H,24,29,30)/t16-,17+,19?,20-/m1/s1. The molecule has 1 fully saturated rings. The summed E-state index contributed by atoms with van der Waals surface area (Å²) in [6, 6.07) is 3.00. The van der Waals surface area contributed by atoms with E-state index in [-0.39, 0.29) is 24.3 Å². The number of nitro benzene ring substituents is 1. The van der Waals surface area contributed by atoms with Crippen LogP contribution in [0.2, 0.25) is 0 Å². The van der Waals surface area contributed by atoms with Crippen molar-refractivity contribution in [2.24, 2.45) is 0 Å². The Labute approximate surface area is 214 Å². The zero-order valence-corrected chi connectivity index (χ0v) is 21.5. The molecule has 0 aliphatic carbocycles. The fourth-order valence-electron chi connectivity index (χ4n) is 3.93. The minimum Gasteiger partial charge on any atom is -0.496 e. The first-order chi connectivity index (χ1) is 16.7. The van der Waals surface area contributed by atoms with Crippen molar-refractivity contribution in [1.29, 1.82) is 0 Å². The van der Waals surface area contributed by atoms with Gasteiger partial charge in [-0.05, 0) is 35.1 Å². The molecule has 1 unspecified atom stereocenters. The van der Waals surface area contributed by atoms with Crippen LogP contribution in [-0.2, 0) is 16.1 Å². The third kappa shape index (κ3) is 6.27. The Morgan fingerprint density at radius 2 is 2.14 bits per heavy atom. The van der Waals surface area contributed by atoms with Gasteiger partial charge in [-0.2, -0.15) is 0 Å². The molecule has 0 bridgehead atoms. The molecule has 35 heavy (non-hydrogen) atoms. The van der Waals surface area contributed by atoms with E-state index in [1.54, 1.807) is 6.07 Å². The van der Waals surface area contributed by atoms with Crippen molar-refractivity contribution in [3.05, 3.63) is 64.0 Å². The van der Waals surface area contributed by atoms with Gasteiger partial charge in [0, 0.05) is 18.7 Å². The van der Waals surface area contributed by atoms with Gasteiger partial charge in [0.2, 0.25) is 0 Å². The molecule has 0 radical (unpaired) electrons. The lowest BCUT2D eigenvalue weighted by atomic mass is 10.0. The summed E-state index contributed by atoms with van der Waals surface area (Å²) >= 11 is 1.96. The maximum absolute atomic E-state index is 12.5. The minimum absolute atomic E-state index is 0.0608. The lowest BCUT2D eigenvalue weighted by molar-refractivity contribution is -0.386. The molecular weight excluding hydrogens is 577 g/mol. The summed E-state index contributed by atoms with van der Waals surface area (Å²) < 4.78 is 18.6. The van der Waals surface area contributed by atoms with Gasteiger partial charge in [0.25, 0.3) is 11.2 Å². The van der Waals surface area contributed by atoms with Gasteiger partial charge in [0.05, 0.1) is 52.2 Å². The van der Waals surface area contributed by atoms with Gasteiger partial charge < -0.3 is 24.4 Å². The molecule has 0 amide bonds. The number of rotatable bonds is 11. The molecule has 0 saturated carbocycles. The minimum atomic E-state index is -0.960. The summed E-state index contributed by atoms with van der Waals surface area (Å²) in [7, 11) is 1.47. The van der Waals surface area contributed by atoms with E-state index >= 15 is 0 Å². The molecule has 0 spiro atoms. The average Bonchev–Trinajstić information content (AvgIpc) is 3.20. The van der Waals surface area contributed by atoms with Crippen LogP contribution in [0.5, 0.6) is 5.75 Å². The van der Waals surface area contributed by atoms with Crippen LogP contribution in [0.1, 0.15) is 56.1 Å². The van der Waals surface area contributed by atoms with E-state index in [0.717, 1.165) is 17.4 Å². The monoisotopic (exact) mass is 605 g/mol. The number of nitro groups is 1. The molecule has 1 saturated heterocycles. The predicted molar refractivity (Wildman–Crippen MR) is 132 cm³/mol. The topological polar surface area (TPSA) is 166 Å². The number of nitrogens with zero attached hydrogens (tertiary/aromatic N) is 2. The molecule has 1 aliphatic rings. The average molecular weight is 605 g/mol. The van der Waals surface area contributed by atoms with Gasteiger partial charge >= 0.3 is 5.69 Å². The van der Waals surface area contributed by atoms with Gasteiger partial charge in [-0.1, -0.05) is 19.8 Å². The van der Waals surface area contributed by atoms with Gasteiger partial charge in [-0.15, -0.1) is 0 Å². The number of halogens is 1. The summed E-state index contributed by atoms with van der Waals surface area (Å²) in [4.78, 5) is 38.3. The number of methoxy groups -OCH3 is 1. The van der Waals surface area contributed by atoms with Crippen LogP contribution in [0.4, 0.5) is 5.69 Å². The van der Waals surface area contributed by atoms with E-state index in [0.29, 0.717) is 21.3 Å². The molecule has 4 atom stereocenters. The second kappa shape index (κ2) is 12.1. The highest BCUT2D eigenvalue weighted by Crippen LogP contribution is 2.37. The van der Waals surface area contributed by atoms with Crippen LogP contribution >= 0.6 is 22.6 Å². The van der Waals surface area contributed by atoms with Crippen LogP contribution in [-0.4, -0.2) is 50.6 Å². The van der Waals surface area contributed by atoms with Gasteiger partial charge in [0.15, 0.2) is 0 Å². The Bertz CT molecular complexity index is 1170. The van der Waals surface area contributed by atoms with Crippen molar-refractivity contribution in [3.63, 3.8) is 0 Å². The first-order valence-electron chi connectivity index (χ1n) is 11.1. The second-order valence-corrected chi connectivity index (χ2v) is 9.34. The van der Waals surface area contributed by atoms with Crippen molar-refractivity contribution in [1.82, 2.24) is 9.55 Å². The Morgan fingerprint density at radius 1 is 1.40 bits per heavy atom. The van der Waals surface area contributed by atoms with Gasteiger partial charge in [-0.3, -0.25) is 24.5 Å². The molecule has 2 aromatic rings. The third-order valence-corrected chi connectivity index (χ3v) is 6.68. The summed E-state index contributed by atoms with van der Waals surface area (Å²) in [5, 5.41) is 31.0. The van der Waals surface area contributed by atoms with E-state index in [9.17, 15) is 29.9 Å². The second-order valence-electron chi connectivity index (χ2n) is 8.18. The summed E-state index contributed by atoms with van der Waals surface area (Å²) in [5.41, 5.74) is -1.06. The number of ether oxygens (including phenoxy) is 3. The van der Waals surface area contributed by atoms with Crippen molar-refractivity contribution < 1.29 is 29.3 Å². The number of nitrogens with one attached hydrogen (secondary N) is 1. The quantitative estimate of drug-likeness (QED) is 0.198. The highest BCUT2D eigenvalue weighted by molar-refractivity contribution is 14.1. The fourth-order valence-corrected chi connectivity index (χ4v) is 4.60. The zero-order chi connectivity index (χ0) is 25.7. The van der Waals surface area contributed by atoms with Crippen LogP contribution in [0.25, 0.3) is 0 Å². The van der Waals surface area contributed by atoms with Gasteiger partial charge in [0.1, 0.15) is 18.1 Å². The summed E-state index contributed by atoms with van der Waals surface area (Å²) in [5.74, 6) is 0.470. The fraction of sp³-hybridized carbons (Fsp3) is 0.545. The summed E-state index contributed by atoms with van der Waals surface area (Å²) in [6.07, 6.45) is -0.00670. The normalized spacial score (nSPS) is 20.7. The number of aromatic nitrogens is 2. The number of hydrogen-bond acceptors (Lipinski definition) is 9. The van der Waals surface area contributed by atoms with E-state index in [2.05, 4.69) is 4.98 Å². The van der Waals surface area contributed by atoms with Crippen molar-refractivity contribution in [2.45, 2.75) is 63.8 Å². The SMILES string of the molecule is CCCC[C@H](OCc1cn([C@H]2C[C@@H](O)C(CO)O2)c(=O)[nH]c1=O)c1cc(OC)c(I)cc1[N+](=O)[O-]. The van der Waals surface area contributed by atoms with Crippen LogP contribution in [0.3, 0.4) is 0 Å². The first kappa shape index (κ1) is 27.3. The molecule has 2 heterocycles. The molecule has 192 valence electrons. The highest BCUT2D eigenvalue weighted by atomic mass is 127. The molecule has 12 nitrogen and oxygen atoms in total. The number of unbranched alkanes of at least 4 members (excludes halogenated alkanes) is 1. The Kier molecular flexibility index (Phi) is 9.40. The van der Waals surface area contributed by atoms with E-state index in [1.165, 1.54) is 19.4 Å². The molecule has 3 N–H and O–H groups in total. The lowest BCUT2D eigenvalue weighted by Gasteiger charge is -2.20. The molecule has 3 rings (SSSR count). The van der Waals surface area contributed by atoms with Crippen LogP contribution < -0.4 is 16.0 Å². The number of aromatic amines is 1. The van der Waals surface area contributed by atoms with E-state index in [4.69, 9.17) is 14.2 Å². The van der Waals surface area contributed by atoms with Crippen molar-refractivity contribution in [2.75, 3.05) is 13.7 Å². The van der Waals surface area contributed by atoms with Gasteiger partial charge in [-0.25, -0.2) is 4.79 Å². The molecule has 13 heteroatoms. The van der Waals surface area contributed by atoms with Crippen molar-refractivity contribution >= 4 is 28.3 Å². The van der Waals surface area contributed by atoms with E-state index in [1.807, 2.05) is 29.5 Å². The number of aliphatic hydroxyl groups is 2. The van der Waals surface area contributed by atoms with Crippen molar-refractivity contribution in [3.8, 4) is 5.75 Å². The smallest absolute Gasteiger partial charge is 0.330 e. The number of hydrogen-bond donors (Lipinski definition) is 3. The van der Waals surface area contributed by atoms with Crippen LogP contribution in [0.15, 0.2) is 27.9 Å². The zero-order valence-electron chi connectivity index (χ0n) is 19.3. The number of aliphatic hydroxyl groups excluding tert-OH is 2. The highest BCUT2D eigenvalue weighted by Gasteiger charge is 2.35. The van der Waals surface area contributed by atoms with Crippen LogP contribution in [0, 0.1) is 13.7 Å². The molecule has 1 aromatic heterocycles. The van der Waals surface area contributed by atoms with E-state index < -0.39 is 47.3 Å². The first-order valence-corrected chi connectivity index (χ1v) is 12.2. The molecule has 1 aromatic carbocycles. The largest absolute Gasteiger partial charge is 0.496 e.